The zero-order chi connectivity index (χ0) is 12.0. The molecule has 0 aromatic carbocycles. The smallest absolute Gasteiger partial charge is 0.142 e. The summed E-state index contributed by atoms with van der Waals surface area (Å²) in [6.07, 6.45) is 5.25. The highest BCUT2D eigenvalue weighted by molar-refractivity contribution is 5.29. The third-order valence-corrected chi connectivity index (χ3v) is 2.04. The van der Waals surface area contributed by atoms with E-state index in [1.165, 1.54) is 0 Å². The Morgan fingerprint density at radius 1 is 1.50 bits per heavy atom. The number of hydrogen-bond acceptors (Lipinski definition) is 3. The fourth-order valence-electron chi connectivity index (χ4n) is 1.19. The first-order valence-corrected chi connectivity index (χ1v) is 5.44. The molecule has 0 atom stereocenters. The van der Waals surface area contributed by atoms with Crippen molar-refractivity contribution in [1.29, 1.82) is 0 Å². The molecule has 0 bridgehead atoms. The lowest BCUT2D eigenvalue weighted by Crippen LogP contribution is -2.35. The van der Waals surface area contributed by atoms with Crippen LogP contribution in [-0.2, 0) is 6.54 Å². The molecule has 88 valence electrons. The second kappa shape index (κ2) is 5.66. The Hall–Kier alpha value is -1.35. The summed E-state index contributed by atoms with van der Waals surface area (Å²) >= 11 is 0. The molecule has 0 amide bonds. The third-order valence-electron chi connectivity index (χ3n) is 2.04. The van der Waals surface area contributed by atoms with Crippen LogP contribution >= 0.6 is 0 Å². The van der Waals surface area contributed by atoms with Crippen molar-refractivity contribution >= 4 is 0 Å². The van der Waals surface area contributed by atoms with Crippen LogP contribution in [0.1, 0.15) is 26.3 Å². The van der Waals surface area contributed by atoms with Gasteiger partial charge in [0.25, 0.3) is 0 Å². The maximum atomic E-state index is 5.53. The van der Waals surface area contributed by atoms with E-state index in [-0.39, 0.29) is 5.54 Å². The van der Waals surface area contributed by atoms with E-state index in [1.807, 2.05) is 6.07 Å². The molecule has 1 aromatic heterocycles. The molecule has 0 aliphatic rings. The molecular formula is C13H20N2O. The first-order chi connectivity index (χ1) is 7.53. The highest BCUT2D eigenvalue weighted by atomic mass is 16.5. The average Bonchev–Trinajstić information content (AvgIpc) is 2.23. The van der Waals surface area contributed by atoms with Crippen molar-refractivity contribution in [2.75, 3.05) is 6.61 Å². The van der Waals surface area contributed by atoms with E-state index in [9.17, 15) is 0 Å². The summed E-state index contributed by atoms with van der Waals surface area (Å²) < 4.78 is 5.53. The van der Waals surface area contributed by atoms with Gasteiger partial charge in [-0.3, -0.25) is 4.98 Å². The van der Waals surface area contributed by atoms with Crippen molar-refractivity contribution in [3.05, 3.63) is 36.7 Å². The van der Waals surface area contributed by atoms with Gasteiger partial charge in [0.1, 0.15) is 12.4 Å². The Balaban J connectivity index is 2.67. The molecule has 0 fully saturated rings. The zero-order valence-electron chi connectivity index (χ0n) is 10.3. The molecule has 16 heavy (non-hydrogen) atoms. The predicted octanol–water partition coefficient (Wildman–Crippen LogP) is 2.53. The maximum Gasteiger partial charge on any atom is 0.142 e. The molecular weight excluding hydrogens is 200 g/mol. The maximum absolute atomic E-state index is 5.53. The van der Waals surface area contributed by atoms with Crippen molar-refractivity contribution in [2.24, 2.45) is 0 Å². The summed E-state index contributed by atoms with van der Waals surface area (Å²) in [4.78, 5) is 4.06. The molecule has 1 heterocycles. The largest absolute Gasteiger partial charge is 0.488 e. The summed E-state index contributed by atoms with van der Waals surface area (Å²) in [6.45, 7) is 11.3. The van der Waals surface area contributed by atoms with Gasteiger partial charge in [-0.2, -0.15) is 0 Å². The van der Waals surface area contributed by atoms with E-state index in [0.29, 0.717) is 6.61 Å². The van der Waals surface area contributed by atoms with E-state index in [2.05, 4.69) is 37.7 Å². The van der Waals surface area contributed by atoms with Crippen LogP contribution in [0.4, 0.5) is 0 Å². The molecule has 1 N–H and O–H groups in total. The summed E-state index contributed by atoms with van der Waals surface area (Å²) in [6, 6.07) is 1.97. The minimum Gasteiger partial charge on any atom is -0.488 e. The van der Waals surface area contributed by atoms with Crippen LogP contribution in [-0.4, -0.2) is 17.1 Å². The molecule has 0 saturated carbocycles. The van der Waals surface area contributed by atoms with Gasteiger partial charge in [0, 0.05) is 23.8 Å². The third kappa shape index (κ3) is 4.45. The van der Waals surface area contributed by atoms with Crippen LogP contribution in [0.25, 0.3) is 0 Å². The van der Waals surface area contributed by atoms with Gasteiger partial charge in [0.05, 0.1) is 6.20 Å². The first-order valence-electron chi connectivity index (χ1n) is 5.44. The van der Waals surface area contributed by atoms with Crippen LogP contribution in [0.15, 0.2) is 31.1 Å². The van der Waals surface area contributed by atoms with E-state index in [4.69, 9.17) is 4.74 Å². The quantitative estimate of drug-likeness (QED) is 0.774. The highest BCUT2D eigenvalue weighted by Crippen LogP contribution is 2.17. The summed E-state index contributed by atoms with van der Waals surface area (Å²) in [5.74, 6) is 0.819. The van der Waals surface area contributed by atoms with Crippen molar-refractivity contribution in [3.8, 4) is 5.75 Å². The van der Waals surface area contributed by atoms with Crippen molar-refractivity contribution in [3.63, 3.8) is 0 Å². The minimum absolute atomic E-state index is 0.0962. The van der Waals surface area contributed by atoms with Crippen molar-refractivity contribution in [2.45, 2.75) is 32.9 Å². The van der Waals surface area contributed by atoms with Gasteiger partial charge >= 0.3 is 0 Å². The Morgan fingerprint density at radius 2 is 2.25 bits per heavy atom. The molecule has 0 aliphatic heterocycles. The molecule has 3 heteroatoms. The van der Waals surface area contributed by atoms with Gasteiger partial charge < -0.3 is 10.1 Å². The highest BCUT2D eigenvalue weighted by Gasteiger charge is 2.10. The SMILES string of the molecule is C=CCOc1cnccc1CNC(C)(C)C. The van der Waals surface area contributed by atoms with E-state index in [1.54, 1.807) is 18.5 Å². The lowest BCUT2D eigenvalue weighted by atomic mass is 10.1. The summed E-state index contributed by atoms with van der Waals surface area (Å²) in [5, 5.41) is 3.42. The second-order valence-corrected chi connectivity index (χ2v) is 4.69. The minimum atomic E-state index is 0.0962. The fourth-order valence-corrected chi connectivity index (χ4v) is 1.19. The lowest BCUT2D eigenvalue weighted by Gasteiger charge is -2.21. The Morgan fingerprint density at radius 3 is 2.88 bits per heavy atom. The number of ether oxygens (including phenoxy) is 1. The molecule has 0 saturated heterocycles. The number of pyridine rings is 1. The van der Waals surface area contributed by atoms with Gasteiger partial charge in [-0.15, -0.1) is 0 Å². The Bertz CT molecular complexity index is 342. The van der Waals surface area contributed by atoms with Crippen LogP contribution in [0, 0.1) is 0 Å². The zero-order valence-corrected chi connectivity index (χ0v) is 10.3. The average molecular weight is 220 g/mol. The molecule has 0 radical (unpaired) electrons. The molecule has 0 aliphatic carbocycles. The normalized spacial score (nSPS) is 11.2. The second-order valence-electron chi connectivity index (χ2n) is 4.69. The van der Waals surface area contributed by atoms with Gasteiger partial charge in [0.2, 0.25) is 0 Å². The number of hydrogen-bond donors (Lipinski definition) is 1. The van der Waals surface area contributed by atoms with Crippen molar-refractivity contribution in [1.82, 2.24) is 10.3 Å². The lowest BCUT2D eigenvalue weighted by molar-refractivity contribution is 0.351. The monoisotopic (exact) mass is 220 g/mol. The van der Waals surface area contributed by atoms with Crippen molar-refractivity contribution < 1.29 is 4.74 Å². The fraction of sp³-hybridized carbons (Fsp3) is 0.462. The predicted molar refractivity (Wildman–Crippen MR) is 66.5 cm³/mol. The Labute approximate surface area is 97.5 Å². The van der Waals surface area contributed by atoms with Crippen LogP contribution in [0.5, 0.6) is 5.75 Å². The number of rotatable bonds is 5. The van der Waals surface area contributed by atoms with Gasteiger partial charge in [-0.05, 0) is 26.8 Å². The van der Waals surface area contributed by atoms with Crippen LogP contribution in [0.2, 0.25) is 0 Å². The van der Waals surface area contributed by atoms with Gasteiger partial charge in [-0.25, -0.2) is 0 Å². The van der Waals surface area contributed by atoms with Gasteiger partial charge in [-0.1, -0.05) is 12.7 Å². The standard InChI is InChI=1S/C13H20N2O/c1-5-8-16-12-10-14-7-6-11(12)9-15-13(2,3)4/h5-7,10,15H,1,8-9H2,2-4H3. The summed E-state index contributed by atoms with van der Waals surface area (Å²) in [5.41, 5.74) is 1.21. The summed E-state index contributed by atoms with van der Waals surface area (Å²) in [7, 11) is 0. The molecule has 1 rings (SSSR count). The number of aromatic nitrogens is 1. The van der Waals surface area contributed by atoms with E-state index < -0.39 is 0 Å². The number of nitrogens with zero attached hydrogens (tertiary/aromatic N) is 1. The molecule has 0 spiro atoms. The molecule has 0 unspecified atom stereocenters. The van der Waals surface area contributed by atoms with Crippen LogP contribution < -0.4 is 10.1 Å². The van der Waals surface area contributed by atoms with Gasteiger partial charge in [0.15, 0.2) is 0 Å². The molecule has 3 nitrogen and oxygen atoms in total. The van der Waals surface area contributed by atoms with E-state index >= 15 is 0 Å². The van der Waals surface area contributed by atoms with Crippen LogP contribution in [0.3, 0.4) is 0 Å². The Kier molecular flexibility index (Phi) is 4.50. The topological polar surface area (TPSA) is 34.1 Å². The number of nitrogens with one attached hydrogen (secondary N) is 1. The molecule has 1 aromatic rings. The first kappa shape index (κ1) is 12.7. The van der Waals surface area contributed by atoms with E-state index in [0.717, 1.165) is 17.9 Å².